The lowest BCUT2D eigenvalue weighted by atomic mass is 10.2. The van der Waals surface area contributed by atoms with E-state index in [-0.39, 0.29) is 0 Å². The third-order valence-corrected chi connectivity index (χ3v) is 3.38. The molecule has 4 heteroatoms. The van der Waals surface area contributed by atoms with E-state index >= 15 is 0 Å². The largest absolute Gasteiger partial charge is 0.383 e. The average Bonchev–Trinajstić information content (AvgIpc) is 2.36. The Morgan fingerprint density at radius 3 is 2.94 bits per heavy atom. The van der Waals surface area contributed by atoms with Gasteiger partial charge < -0.3 is 9.64 Å². The summed E-state index contributed by atoms with van der Waals surface area (Å²) < 4.78 is 6.13. The number of likely N-dealkylation sites (N-methyl/N-ethyl adjacent to an activating group) is 1. The SMILES string of the molecule is COCCN(C)c1ccnc2c(Br)cccc12. The van der Waals surface area contributed by atoms with Crippen LogP contribution < -0.4 is 4.90 Å². The Hall–Kier alpha value is -1.13. The minimum absolute atomic E-state index is 0.717. The molecule has 1 heterocycles. The van der Waals surface area contributed by atoms with Crippen molar-refractivity contribution in [3.05, 3.63) is 34.9 Å². The Labute approximate surface area is 110 Å². The third-order valence-electron chi connectivity index (χ3n) is 2.74. The molecule has 0 spiro atoms. The molecule has 0 fully saturated rings. The van der Waals surface area contributed by atoms with Crippen molar-refractivity contribution in [2.75, 3.05) is 32.2 Å². The molecule has 0 aliphatic carbocycles. The highest BCUT2D eigenvalue weighted by atomic mass is 79.9. The molecule has 1 aromatic heterocycles. The maximum atomic E-state index is 5.10. The van der Waals surface area contributed by atoms with E-state index in [1.54, 1.807) is 7.11 Å². The van der Waals surface area contributed by atoms with Crippen molar-refractivity contribution in [3.8, 4) is 0 Å². The van der Waals surface area contributed by atoms with Crippen LogP contribution in [0.1, 0.15) is 0 Å². The molecule has 2 aromatic rings. The molecule has 0 bridgehead atoms. The van der Waals surface area contributed by atoms with E-state index < -0.39 is 0 Å². The van der Waals surface area contributed by atoms with Crippen LogP contribution >= 0.6 is 15.9 Å². The molecule has 0 amide bonds. The van der Waals surface area contributed by atoms with Gasteiger partial charge in [-0.05, 0) is 28.1 Å². The van der Waals surface area contributed by atoms with Gasteiger partial charge in [-0.1, -0.05) is 12.1 Å². The van der Waals surface area contributed by atoms with Gasteiger partial charge in [0.1, 0.15) is 0 Å². The molecule has 3 nitrogen and oxygen atoms in total. The number of anilines is 1. The number of hydrogen-bond acceptors (Lipinski definition) is 3. The quantitative estimate of drug-likeness (QED) is 0.866. The fraction of sp³-hybridized carbons (Fsp3) is 0.308. The van der Waals surface area contributed by atoms with Gasteiger partial charge in [0.2, 0.25) is 0 Å². The minimum atomic E-state index is 0.717. The number of fused-ring (bicyclic) bond motifs is 1. The summed E-state index contributed by atoms with van der Waals surface area (Å²) in [6.07, 6.45) is 1.84. The van der Waals surface area contributed by atoms with Crippen molar-refractivity contribution in [2.45, 2.75) is 0 Å². The molecule has 0 saturated heterocycles. The molecule has 90 valence electrons. The highest BCUT2D eigenvalue weighted by Crippen LogP contribution is 2.28. The van der Waals surface area contributed by atoms with E-state index in [0.29, 0.717) is 6.61 Å². The zero-order valence-corrected chi connectivity index (χ0v) is 11.6. The topological polar surface area (TPSA) is 25.4 Å². The van der Waals surface area contributed by atoms with Crippen LogP contribution in [-0.4, -0.2) is 32.3 Å². The molecule has 0 radical (unpaired) electrons. The Morgan fingerprint density at radius 2 is 2.18 bits per heavy atom. The molecule has 0 unspecified atom stereocenters. The summed E-state index contributed by atoms with van der Waals surface area (Å²) >= 11 is 3.53. The molecular weight excluding hydrogens is 280 g/mol. The first-order chi connectivity index (χ1) is 8.24. The first-order valence-corrected chi connectivity index (χ1v) is 6.26. The Morgan fingerprint density at radius 1 is 1.35 bits per heavy atom. The maximum Gasteiger partial charge on any atom is 0.0864 e. The number of pyridine rings is 1. The summed E-state index contributed by atoms with van der Waals surface area (Å²) in [5, 5.41) is 1.15. The summed E-state index contributed by atoms with van der Waals surface area (Å²) in [6, 6.07) is 8.16. The highest BCUT2D eigenvalue weighted by molar-refractivity contribution is 9.10. The van der Waals surface area contributed by atoms with E-state index in [9.17, 15) is 0 Å². The summed E-state index contributed by atoms with van der Waals surface area (Å²) in [5.74, 6) is 0. The van der Waals surface area contributed by atoms with Gasteiger partial charge in [0, 0.05) is 42.4 Å². The Kier molecular flexibility index (Phi) is 3.97. The van der Waals surface area contributed by atoms with E-state index in [0.717, 1.165) is 21.9 Å². The normalized spacial score (nSPS) is 10.8. The van der Waals surface area contributed by atoms with Crippen molar-refractivity contribution in [1.29, 1.82) is 0 Å². The number of methoxy groups -OCH3 is 1. The summed E-state index contributed by atoms with van der Waals surface area (Å²) in [7, 11) is 3.78. The molecular formula is C13H15BrN2O. The van der Waals surface area contributed by atoms with Crippen molar-refractivity contribution < 1.29 is 4.74 Å². The fourth-order valence-electron chi connectivity index (χ4n) is 1.81. The number of nitrogens with zero attached hydrogens (tertiary/aromatic N) is 2. The average molecular weight is 295 g/mol. The van der Waals surface area contributed by atoms with Crippen LogP contribution in [0.4, 0.5) is 5.69 Å². The predicted octanol–water partition coefficient (Wildman–Crippen LogP) is 3.08. The number of rotatable bonds is 4. The molecule has 0 saturated carbocycles. The first-order valence-electron chi connectivity index (χ1n) is 5.47. The maximum absolute atomic E-state index is 5.10. The van der Waals surface area contributed by atoms with Crippen LogP contribution in [0.5, 0.6) is 0 Å². The number of halogens is 1. The third kappa shape index (κ3) is 2.58. The van der Waals surface area contributed by atoms with E-state index in [4.69, 9.17) is 4.74 Å². The van der Waals surface area contributed by atoms with Crippen LogP contribution in [0.3, 0.4) is 0 Å². The smallest absolute Gasteiger partial charge is 0.0864 e. The number of hydrogen-bond donors (Lipinski definition) is 0. The lowest BCUT2D eigenvalue weighted by molar-refractivity contribution is 0.206. The van der Waals surface area contributed by atoms with E-state index in [1.807, 2.05) is 24.4 Å². The number of ether oxygens (including phenoxy) is 1. The van der Waals surface area contributed by atoms with Crippen LogP contribution in [-0.2, 0) is 4.74 Å². The molecule has 0 aliphatic rings. The fourth-order valence-corrected chi connectivity index (χ4v) is 2.28. The monoisotopic (exact) mass is 294 g/mol. The number of benzene rings is 1. The van der Waals surface area contributed by atoms with Crippen molar-refractivity contribution in [1.82, 2.24) is 4.98 Å². The molecule has 0 N–H and O–H groups in total. The van der Waals surface area contributed by atoms with Gasteiger partial charge in [0.05, 0.1) is 12.1 Å². The summed E-state index contributed by atoms with van der Waals surface area (Å²) in [4.78, 5) is 6.58. The zero-order chi connectivity index (χ0) is 12.3. The first kappa shape index (κ1) is 12.3. The van der Waals surface area contributed by atoms with Gasteiger partial charge in [0.25, 0.3) is 0 Å². The molecule has 0 aliphatic heterocycles. The van der Waals surface area contributed by atoms with Gasteiger partial charge in [-0.2, -0.15) is 0 Å². The van der Waals surface area contributed by atoms with E-state index in [1.165, 1.54) is 5.69 Å². The molecule has 1 aromatic carbocycles. The molecule has 2 rings (SSSR count). The second kappa shape index (κ2) is 5.47. The van der Waals surface area contributed by atoms with Gasteiger partial charge in [-0.15, -0.1) is 0 Å². The number of aromatic nitrogens is 1. The minimum Gasteiger partial charge on any atom is -0.383 e. The van der Waals surface area contributed by atoms with Gasteiger partial charge >= 0.3 is 0 Å². The van der Waals surface area contributed by atoms with Crippen molar-refractivity contribution in [2.24, 2.45) is 0 Å². The van der Waals surface area contributed by atoms with Crippen LogP contribution in [0.25, 0.3) is 10.9 Å². The lowest BCUT2D eigenvalue weighted by Gasteiger charge is -2.20. The Bertz CT molecular complexity index is 516. The second-order valence-electron chi connectivity index (χ2n) is 3.88. The van der Waals surface area contributed by atoms with Crippen molar-refractivity contribution in [3.63, 3.8) is 0 Å². The van der Waals surface area contributed by atoms with Crippen LogP contribution in [0.15, 0.2) is 34.9 Å². The predicted molar refractivity (Wildman–Crippen MR) is 74.6 cm³/mol. The molecule has 17 heavy (non-hydrogen) atoms. The Balaban J connectivity index is 2.43. The molecule has 0 atom stereocenters. The zero-order valence-electron chi connectivity index (χ0n) is 9.98. The van der Waals surface area contributed by atoms with Gasteiger partial charge in [-0.3, -0.25) is 4.98 Å². The standard InChI is InChI=1S/C13H15BrN2O/c1-16(8-9-17-2)12-6-7-15-13-10(12)4-3-5-11(13)14/h3-7H,8-9H2,1-2H3. The highest BCUT2D eigenvalue weighted by Gasteiger charge is 2.07. The van der Waals surface area contributed by atoms with Gasteiger partial charge in [-0.25, -0.2) is 0 Å². The lowest BCUT2D eigenvalue weighted by Crippen LogP contribution is -2.22. The second-order valence-corrected chi connectivity index (χ2v) is 4.73. The number of para-hydroxylation sites is 1. The van der Waals surface area contributed by atoms with Crippen LogP contribution in [0.2, 0.25) is 0 Å². The van der Waals surface area contributed by atoms with Crippen molar-refractivity contribution >= 4 is 32.5 Å². The van der Waals surface area contributed by atoms with E-state index in [2.05, 4.69) is 38.9 Å². The summed E-state index contributed by atoms with van der Waals surface area (Å²) in [5.41, 5.74) is 2.17. The summed E-state index contributed by atoms with van der Waals surface area (Å²) in [6.45, 7) is 1.58. The van der Waals surface area contributed by atoms with Crippen LogP contribution in [0, 0.1) is 0 Å². The van der Waals surface area contributed by atoms with Gasteiger partial charge in [0.15, 0.2) is 0 Å².